The molecule has 2 rings (SSSR count). The first-order valence-electron chi connectivity index (χ1n) is 6.73. The van der Waals surface area contributed by atoms with Crippen LogP contribution in [0.2, 0.25) is 5.02 Å². The van der Waals surface area contributed by atoms with Crippen molar-refractivity contribution in [1.29, 1.82) is 0 Å². The summed E-state index contributed by atoms with van der Waals surface area (Å²) in [4.78, 5) is 0. The minimum absolute atomic E-state index is 0.189. The maximum Gasteiger partial charge on any atom is 0.126 e. The highest BCUT2D eigenvalue weighted by molar-refractivity contribution is 6.31. The lowest BCUT2D eigenvalue weighted by Gasteiger charge is -2.13. The molecule has 0 amide bonds. The summed E-state index contributed by atoms with van der Waals surface area (Å²) in [5.41, 5.74) is 8.51. The molecule has 3 nitrogen and oxygen atoms in total. The molecular weight excluding hydrogens is 277 g/mol. The van der Waals surface area contributed by atoms with E-state index in [1.54, 1.807) is 12.1 Å². The Bertz CT molecular complexity index is 595. The van der Waals surface area contributed by atoms with Gasteiger partial charge in [0.05, 0.1) is 16.4 Å². The summed E-state index contributed by atoms with van der Waals surface area (Å²) in [6.45, 7) is 4.63. The third-order valence-corrected chi connectivity index (χ3v) is 3.84. The Morgan fingerprint density at radius 2 is 2.05 bits per heavy atom. The first-order chi connectivity index (χ1) is 9.52. The fourth-order valence-electron chi connectivity index (χ4n) is 2.33. The second kappa shape index (κ2) is 6.37. The first kappa shape index (κ1) is 15.0. The fraction of sp³-hybridized carbons (Fsp3) is 0.400. The van der Waals surface area contributed by atoms with Crippen LogP contribution in [0.1, 0.15) is 23.9 Å². The predicted molar refractivity (Wildman–Crippen MR) is 79.4 cm³/mol. The maximum absolute atomic E-state index is 13.6. The molecule has 0 aliphatic rings. The van der Waals surface area contributed by atoms with E-state index in [9.17, 15) is 4.39 Å². The summed E-state index contributed by atoms with van der Waals surface area (Å²) < 4.78 is 15.5. The van der Waals surface area contributed by atoms with Crippen molar-refractivity contribution in [2.45, 2.75) is 39.3 Å². The summed E-state index contributed by atoms with van der Waals surface area (Å²) in [5.74, 6) is -0.214. The van der Waals surface area contributed by atoms with Gasteiger partial charge in [-0.05, 0) is 31.9 Å². The van der Waals surface area contributed by atoms with E-state index in [2.05, 4.69) is 5.10 Å². The van der Waals surface area contributed by atoms with Crippen molar-refractivity contribution >= 4 is 11.6 Å². The zero-order valence-corrected chi connectivity index (χ0v) is 12.5. The Balaban J connectivity index is 2.12. The molecule has 0 saturated heterocycles. The van der Waals surface area contributed by atoms with Gasteiger partial charge in [-0.25, -0.2) is 4.39 Å². The van der Waals surface area contributed by atoms with Crippen LogP contribution in [-0.4, -0.2) is 15.8 Å². The minimum atomic E-state index is -0.214. The highest BCUT2D eigenvalue weighted by atomic mass is 35.5. The number of hydrogen-bond donors (Lipinski definition) is 1. The molecule has 20 heavy (non-hydrogen) atoms. The van der Waals surface area contributed by atoms with Crippen LogP contribution in [0.4, 0.5) is 4.39 Å². The van der Waals surface area contributed by atoms with Crippen molar-refractivity contribution in [3.8, 4) is 0 Å². The van der Waals surface area contributed by atoms with Gasteiger partial charge in [-0.3, -0.25) is 4.68 Å². The van der Waals surface area contributed by atoms with Gasteiger partial charge in [0.15, 0.2) is 0 Å². The summed E-state index contributed by atoms with van der Waals surface area (Å²) in [6, 6.07) is 6.52. The normalized spacial score (nSPS) is 12.7. The third-order valence-electron chi connectivity index (χ3n) is 3.35. The zero-order valence-electron chi connectivity index (χ0n) is 11.7. The second-order valence-corrected chi connectivity index (χ2v) is 5.30. The average molecular weight is 296 g/mol. The third kappa shape index (κ3) is 3.19. The monoisotopic (exact) mass is 295 g/mol. The van der Waals surface area contributed by atoms with Crippen LogP contribution in [0.15, 0.2) is 24.3 Å². The van der Waals surface area contributed by atoms with Crippen molar-refractivity contribution in [1.82, 2.24) is 9.78 Å². The smallest absolute Gasteiger partial charge is 0.126 e. The Morgan fingerprint density at radius 1 is 1.35 bits per heavy atom. The highest BCUT2D eigenvalue weighted by Gasteiger charge is 2.16. The van der Waals surface area contributed by atoms with Crippen LogP contribution in [0.3, 0.4) is 0 Å². The number of benzene rings is 1. The lowest BCUT2D eigenvalue weighted by Crippen LogP contribution is -2.27. The van der Waals surface area contributed by atoms with Gasteiger partial charge in [0, 0.05) is 19.0 Å². The van der Waals surface area contributed by atoms with Gasteiger partial charge in [-0.1, -0.05) is 29.8 Å². The Hall–Kier alpha value is -1.39. The molecule has 5 heteroatoms. The summed E-state index contributed by atoms with van der Waals surface area (Å²) in [6.07, 6.45) is 1.07. The van der Waals surface area contributed by atoms with Gasteiger partial charge in [-0.15, -0.1) is 0 Å². The summed E-state index contributed by atoms with van der Waals surface area (Å²) in [5, 5.41) is 5.02. The van der Waals surface area contributed by atoms with Gasteiger partial charge in [-0.2, -0.15) is 5.10 Å². The number of nitrogens with two attached hydrogens (primary N) is 1. The number of aromatic nitrogens is 2. The molecule has 0 bridgehead atoms. The highest BCUT2D eigenvalue weighted by Crippen LogP contribution is 2.22. The Morgan fingerprint density at radius 3 is 2.70 bits per heavy atom. The van der Waals surface area contributed by atoms with E-state index in [0.717, 1.165) is 17.9 Å². The molecule has 108 valence electrons. The van der Waals surface area contributed by atoms with E-state index in [0.29, 0.717) is 23.4 Å². The van der Waals surface area contributed by atoms with Gasteiger partial charge in [0.25, 0.3) is 0 Å². The number of hydrogen-bond acceptors (Lipinski definition) is 2. The first-order valence-corrected chi connectivity index (χ1v) is 7.11. The minimum Gasteiger partial charge on any atom is -0.327 e. The summed E-state index contributed by atoms with van der Waals surface area (Å²) >= 11 is 6.26. The molecule has 0 radical (unpaired) electrons. The largest absolute Gasteiger partial charge is 0.327 e. The van der Waals surface area contributed by atoms with Crippen LogP contribution >= 0.6 is 11.6 Å². The van der Waals surface area contributed by atoms with Crippen LogP contribution in [0, 0.1) is 12.7 Å². The standard InChI is InChI=1S/C15H19ClFN3/c1-3-20-14(15(16)10(2)19-20)9-12(18)8-11-6-4-5-7-13(11)17/h4-7,12H,3,8-9,18H2,1-2H3. The lowest BCUT2D eigenvalue weighted by atomic mass is 10.0. The fourth-order valence-corrected chi connectivity index (χ4v) is 2.54. The molecule has 1 aromatic carbocycles. The molecule has 0 fully saturated rings. The molecule has 2 aromatic rings. The average Bonchev–Trinajstić information content (AvgIpc) is 2.69. The molecule has 1 atom stereocenters. The molecule has 1 heterocycles. The van der Waals surface area contributed by atoms with Crippen LogP contribution in [0.5, 0.6) is 0 Å². The van der Waals surface area contributed by atoms with Crippen molar-refractivity contribution < 1.29 is 4.39 Å². The van der Waals surface area contributed by atoms with Crippen molar-refractivity contribution in [3.63, 3.8) is 0 Å². The molecule has 0 aliphatic carbocycles. The van der Waals surface area contributed by atoms with E-state index in [1.165, 1.54) is 6.07 Å². The molecule has 2 N–H and O–H groups in total. The zero-order chi connectivity index (χ0) is 14.7. The van der Waals surface area contributed by atoms with Crippen LogP contribution in [-0.2, 0) is 19.4 Å². The summed E-state index contributed by atoms with van der Waals surface area (Å²) in [7, 11) is 0. The topological polar surface area (TPSA) is 43.8 Å². The molecule has 0 spiro atoms. The maximum atomic E-state index is 13.6. The quantitative estimate of drug-likeness (QED) is 0.921. The van der Waals surface area contributed by atoms with E-state index >= 15 is 0 Å². The number of halogens is 2. The Kier molecular flexibility index (Phi) is 4.78. The van der Waals surface area contributed by atoms with Gasteiger partial charge >= 0.3 is 0 Å². The van der Waals surface area contributed by atoms with Crippen molar-refractivity contribution in [2.24, 2.45) is 5.73 Å². The van der Waals surface area contributed by atoms with E-state index in [4.69, 9.17) is 17.3 Å². The molecule has 1 unspecified atom stereocenters. The van der Waals surface area contributed by atoms with E-state index in [-0.39, 0.29) is 11.9 Å². The molecule has 0 aliphatic heterocycles. The van der Waals surface area contributed by atoms with Crippen molar-refractivity contribution in [2.75, 3.05) is 0 Å². The molecule has 0 saturated carbocycles. The van der Waals surface area contributed by atoms with Crippen molar-refractivity contribution in [3.05, 3.63) is 52.1 Å². The second-order valence-electron chi connectivity index (χ2n) is 4.92. The van der Waals surface area contributed by atoms with Gasteiger partial charge in [0.1, 0.15) is 5.82 Å². The van der Waals surface area contributed by atoms with Gasteiger partial charge < -0.3 is 5.73 Å². The SMILES string of the molecule is CCn1nc(C)c(Cl)c1CC(N)Cc1ccccc1F. The van der Waals surface area contributed by atoms with E-state index < -0.39 is 0 Å². The predicted octanol–water partition coefficient (Wildman–Crippen LogP) is 3.12. The number of aryl methyl sites for hydroxylation is 2. The van der Waals surface area contributed by atoms with E-state index in [1.807, 2.05) is 24.6 Å². The molecular formula is C15H19ClFN3. The van der Waals surface area contributed by atoms with Crippen LogP contribution < -0.4 is 5.73 Å². The van der Waals surface area contributed by atoms with Crippen LogP contribution in [0.25, 0.3) is 0 Å². The molecule has 1 aromatic heterocycles. The van der Waals surface area contributed by atoms with Gasteiger partial charge in [0.2, 0.25) is 0 Å². The Labute approximate surface area is 123 Å². The lowest BCUT2D eigenvalue weighted by molar-refractivity contribution is 0.556. The number of nitrogens with zero attached hydrogens (tertiary/aromatic N) is 2. The number of rotatable bonds is 5.